The minimum absolute atomic E-state index is 0.146. The standard InChI is InChI=1S/C12H19F3N4O2S/c1-17-5-3-10(4-6-17)18(2)22(20,21)11-7-16-19(8-11)9-12(13,14)15/h7-8,10H,3-6,9H2,1-2H3. The van der Waals surface area contributed by atoms with E-state index in [9.17, 15) is 21.6 Å². The molecule has 2 heterocycles. The van der Waals surface area contributed by atoms with Crippen molar-refractivity contribution in [3.8, 4) is 0 Å². The maximum absolute atomic E-state index is 12.5. The summed E-state index contributed by atoms with van der Waals surface area (Å²) >= 11 is 0. The number of hydrogen-bond donors (Lipinski definition) is 0. The molecule has 0 saturated carbocycles. The Morgan fingerprint density at radius 2 is 1.95 bits per heavy atom. The molecular formula is C12H19F3N4O2S. The zero-order valence-electron chi connectivity index (χ0n) is 12.4. The Morgan fingerprint density at radius 3 is 2.50 bits per heavy atom. The summed E-state index contributed by atoms with van der Waals surface area (Å²) in [5.74, 6) is 0. The van der Waals surface area contributed by atoms with Crippen LogP contribution in [0.1, 0.15) is 12.8 Å². The van der Waals surface area contributed by atoms with E-state index in [0.29, 0.717) is 17.5 Å². The number of alkyl halides is 3. The van der Waals surface area contributed by atoms with E-state index in [1.165, 1.54) is 11.4 Å². The van der Waals surface area contributed by atoms with E-state index in [1.807, 2.05) is 7.05 Å². The molecule has 0 unspecified atom stereocenters. The molecule has 0 atom stereocenters. The van der Waals surface area contributed by atoms with Gasteiger partial charge >= 0.3 is 6.18 Å². The van der Waals surface area contributed by atoms with Gasteiger partial charge < -0.3 is 4.90 Å². The number of nitrogens with zero attached hydrogens (tertiary/aromatic N) is 4. The van der Waals surface area contributed by atoms with Crippen molar-refractivity contribution in [3.63, 3.8) is 0 Å². The van der Waals surface area contributed by atoms with Crippen molar-refractivity contribution in [3.05, 3.63) is 12.4 Å². The fourth-order valence-corrected chi connectivity index (χ4v) is 3.84. The van der Waals surface area contributed by atoms with Gasteiger partial charge in [0.15, 0.2) is 0 Å². The molecule has 0 radical (unpaired) electrons. The Hall–Kier alpha value is -1.13. The summed E-state index contributed by atoms with van der Waals surface area (Å²) in [5.41, 5.74) is 0. The molecule has 1 fully saturated rings. The van der Waals surface area contributed by atoms with Crippen molar-refractivity contribution in [1.82, 2.24) is 19.0 Å². The average molecular weight is 340 g/mol. The van der Waals surface area contributed by atoms with E-state index < -0.39 is 22.7 Å². The summed E-state index contributed by atoms with van der Waals surface area (Å²) in [5, 5.41) is 3.49. The fraction of sp³-hybridized carbons (Fsp3) is 0.750. The number of aromatic nitrogens is 2. The third-order valence-electron chi connectivity index (χ3n) is 3.83. The smallest absolute Gasteiger partial charge is 0.306 e. The normalized spacial score (nSPS) is 19.0. The van der Waals surface area contributed by atoms with Gasteiger partial charge in [-0.3, -0.25) is 4.68 Å². The van der Waals surface area contributed by atoms with Crippen LogP contribution in [0.3, 0.4) is 0 Å². The second-order valence-electron chi connectivity index (χ2n) is 5.54. The van der Waals surface area contributed by atoms with Crippen LogP contribution in [-0.4, -0.2) is 66.8 Å². The number of piperidine rings is 1. The highest BCUT2D eigenvalue weighted by molar-refractivity contribution is 7.89. The Bertz CT molecular complexity index is 606. The molecule has 0 bridgehead atoms. The molecule has 0 N–H and O–H groups in total. The van der Waals surface area contributed by atoms with Crippen molar-refractivity contribution >= 4 is 10.0 Å². The summed E-state index contributed by atoms with van der Waals surface area (Å²) in [6.07, 6.45) is -1.15. The third kappa shape index (κ3) is 3.99. The maximum atomic E-state index is 12.5. The van der Waals surface area contributed by atoms with E-state index in [4.69, 9.17) is 0 Å². The molecule has 0 spiro atoms. The molecule has 0 aliphatic carbocycles. The highest BCUT2D eigenvalue weighted by Gasteiger charge is 2.33. The lowest BCUT2D eigenvalue weighted by atomic mass is 10.1. The minimum Gasteiger partial charge on any atom is -0.306 e. The summed E-state index contributed by atoms with van der Waals surface area (Å²) in [6.45, 7) is 0.274. The molecule has 0 amide bonds. The van der Waals surface area contributed by atoms with Crippen LogP contribution < -0.4 is 0 Å². The Kier molecular flexibility index (Phi) is 4.83. The van der Waals surface area contributed by atoms with Gasteiger partial charge in [-0.2, -0.15) is 22.6 Å². The van der Waals surface area contributed by atoms with Crippen LogP contribution in [0.15, 0.2) is 17.3 Å². The van der Waals surface area contributed by atoms with Gasteiger partial charge in [0.25, 0.3) is 0 Å². The van der Waals surface area contributed by atoms with Crippen molar-refractivity contribution in [2.75, 3.05) is 27.2 Å². The first-order chi connectivity index (χ1) is 10.1. The Morgan fingerprint density at radius 1 is 1.36 bits per heavy atom. The Balaban J connectivity index is 2.12. The highest BCUT2D eigenvalue weighted by Crippen LogP contribution is 2.23. The van der Waals surface area contributed by atoms with Crippen LogP contribution in [0, 0.1) is 0 Å². The van der Waals surface area contributed by atoms with Crippen molar-refractivity contribution in [2.45, 2.75) is 36.5 Å². The topological polar surface area (TPSA) is 58.4 Å². The van der Waals surface area contributed by atoms with Crippen molar-refractivity contribution in [1.29, 1.82) is 0 Å². The van der Waals surface area contributed by atoms with Crippen LogP contribution in [0.2, 0.25) is 0 Å². The second-order valence-corrected chi connectivity index (χ2v) is 7.54. The minimum atomic E-state index is -4.44. The molecule has 1 saturated heterocycles. The number of sulfonamides is 1. The van der Waals surface area contributed by atoms with Gasteiger partial charge in [0.05, 0.1) is 6.20 Å². The summed E-state index contributed by atoms with van der Waals surface area (Å²) in [6, 6.07) is -0.146. The zero-order chi connectivity index (χ0) is 16.5. The average Bonchev–Trinajstić information content (AvgIpc) is 2.85. The van der Waals surface area contributed by atoms with E-state index in [0.717, 1.165) is 25.5 Å². The van der Waals surface area contributed by atoms with Crippen LogP contribution in [0.25, 0.3) is 0 Å². The lowest BCUT2D eigenvalue weighted by molar-refractivity contribution is -0.142. The van der Waals surface area contributed by atoms with Gasteiger partial charge in [0.1, 0.15) is 11.4 Å². The predicted molar refractivity (Wildman–Crippen MR) is 73.7 cm³/mol. The monoisotopic (exact) mass is 340 g/mol. The molecule has 0 aromatic carbocycles. The van der Waals surface area contributed by atoms with Crippen LogP contribution in [-0.2, 0) is 16.6 Å². The first-order valence-corrected chi connectivity index (χ1v) is 8.29. The van der Waals surface area contributed by atoms with Gasteiger partial charge in [0, 0.05) is 19.3 Å². The zero-order valence-corrected chi connectivity index (χ0v) is 13.2. The third-order valence-corrected chi connectivity index (χ3v) is 5.69. The molecular weight excluding hydrogens is 321 g/mol. The van der Waals surface area contributed by atoms with Crippen LogP contribution in [0.4, 0.5) is 13.2 Å². The largest absolute Gasteiger partial charge is 0.408 e. The number of likely N-dealkylation sites (tertiary alicyclic amines) is 1. The van der Waals surface area contributed by atoms with Gasteiger partial charge in [0.2, 0.25) is 10.0 Å². The molecule has 126 valence electrons. The fourth-order valence-electron chi connectivity index (χ4n) is 2.47. The van der Waals surface area contributed by atoms with Gasteiger partial charge in [-0.05, 0) is 33.0 Å². The predicted octanol–water partition coefficient (Wildman–Crippen LogP) is 1.16. The molecule has 10 heteroatoms. The van der Waals surface area contributed by atoms with Crippen LogP contribution >= 0.6 is 0 Å². The number of hydrogen-bond acceptors (Lipinski definition) is 4. The summed E-state index contributed by atoms with van der Waals surface area (Å²) in [4.78, 5) is 1.90. The first-order valence-electron chi connectivity index (χ1n) is 6.85. The van der Waals surface area contributed by atoms with Crippen molar-refractivity contribution in [2.24, 2.45) is 0 Å². The van der Waals surface area contributed by atoms with E-state index in [1.54, 1.807) is 0 Å². The molecule has 1 aromatic heterocycles. The molecule has 1 aliphatic rings. The molecule has 2 rings (SSSR count). The quantitative estimate of drug-likeness (QED) is 0.825. The lowest BCUT2D eigenvalue weighted by Crippen LogP contribution is -2.44. The van der Waals surface area contributed by atoms with E-state index in [-0.39, 0.29) is 10.9 Å². The van der Waals surface area contributed by atoms with Gasteiger partial charge in [-0.15, -0.1) is 0 Å². The number of rotatable bonds is 4. The molecule has 6 nitrogen and oxygen atoms in total. The van der Waals surface area contributed by atoms with Gasteiger partial charge in [-0.25, -0.2) is 8.42 Å². The van der Waals surface area contributed by atoms with E-state index >= 15 is 0 Å². The van der Waals surface area contributed by atoms with Crippen LogP contribution in [0.5, 0.6) is 0 Å². The second kappa shape index (κ2) is 6.17. The first kappa shape index (κ1) is 17.2. The highest BCUT2D eigenvalue weighted by atomic mass is 32.2. The molecule has 22 heavy (non-hydrogen) atoms. The summed E-state index contributed by atoms with van der Waals surface area (Å²) < 4.78 is 63.7. The van der Waals surface area contributed by atoms with E-state index in [2.05, 4.69) is 10.00 Å². The Labute approximate surface area is 127 Å². The molecule has 1 aromatic rings. The molecule has 1 aliphatic heterocycles. The van der Waals surface area contributed by atoms with Crippen molar-refractivity contribution < 1.29 is 21.6 Å². The lowest BCUT2D eigenvalue weighted by Gasteiger charge is -2.34. The summed E-state index contributed by atoms with van der Waals surface area (Å²) in [7, 11) is -0.398. The maximum Gasteiger partial charge on any atom is 0.408 e. The van der Waals surface area contributed by atoms with Gasteiger partial charge in [-0.1, -0.05) is 0 Å². The number of halogens is 3. The SMILES string of the molecule is CN1CCC(N(C)S(=O)(=O)c2cnn(CC(F)(F)F)c2)CC1.